The summed E-state index contributed by atoms with van der Waals surface area (Å²) in [4.78, 5) is 14.3. The number of rotatable bonds is 6. The molecule has 0 saturated carbocycles. The van der Waals surface area contributed by atoms with Crippen molar-refractivity contribution in [3.05, 3.63) is 100 Å². The van der Waals surface area contributed by atoms with Crippen molar-refractivity contribution in [2.24, 2.45) is 0 Å². The molecule has 0 amide bonds. The smallest absolute Gasteiger partial charge is 0.259 e. The van der Waals surface area contributed by atoms with Gasteiger partial charge in [-0.3, -0.25) is 15.1 Å². The molecule has 132 valence electrons. The van der Waals surface area contributed by atoms with Crippen LogP contribution in [0, 0.1) is 10.1 Å². The highest BCUT2D eigenvalue weighted by Crippen LogP contribution is 2.27. The number of para-hydroxylation sites is 1. The van der Waals surface area contributed by atoms with Crippen molar-refractivity contribution in [2.45, 2.75) is 10.9 Å². The van der Waals surface area contributed by atoms with E-state index in [1.165, 1.54) is 18.2 Å². The van der Waals surface area contributed by atoms with Gasteiger partial charge in [0.2, 0.25) is 10.0 Å². The number of aromatic nitrogens is 1. The first-order valence-corrected chi connectivity index (χ1v) is 9.19. The highest BCUT2D eigenvalue weighted by atomic mass is 32.2. The Balaban J connectivity index is 2.06. The van der Waals surface area contributed by atoms with Crippen LogP contribution in [0.1, 0.15) is 17.3 Å². The third-order valence-electron chi connectivity index (χ3n) is 3.74. The van der Waals surface area contributed by atoms with Crippen molar-refractivity contribution >= 4 is 15.7 Å². The Morgan fingerprint density at radius 1 is 0.923 bits per heavy atom. The lowest BCUT2D eigenvalue weighted by Crippen LogP contribution is -2.30. The molecule has 1 atom stereocenters. The van der Waals surface area contributed by atoms with Gasteiger partial charge in [-0.05, 0) is 23.8 Å². The molecule has 0 aliphatic carbocycles. The highest BCUT2D eigenvalue weighted by Gasteiger charge is 2.29. The van der Waals surface area contributed by atoms with Crippen LogP contribution in [0.5, 0.6) is 0 Å². The summed E-state index contributed by atoms with van der Waals surface area (Å²) >= 11 is 0. The number of nitro groups is 1. The molecule has 0 spiro atoms. The van der Waals surface area contributed by atoms with Gasteiger partial charge >= 0.3 is 0 Å². The van der Waals surface area contributed by atoms with Gasteiger partial charge in [-0.25, -0.2) is 8.42 Å². The average molecular weight is 369 g/mol. The van der Waals surface area contributed by atoms with E-state index >= 15 is 0 Å². The summed E-state index contributed by atoms with van der Waals surface area (Å²) in [5.41, 5.74) is 0.682. The number of sulfonamides is 1. The topological polar surface area (TPSA) is 102 Å². The Morgan fingerprint density at radius 3 is 2.23 bits per heavy atom. The van der Waals surface area contributed by atoms with Gasteiger partial charge in [0.25, 0.3) is 5.69 Å². The molecular weight excluding hydrogens is 354 g/mol. The van der Waals surface area contributed by atoms with Crippen molar-refractivity contribution in [1.82, 2.24) is 9.71 Å². The molecule has 1 unspecified atom stereocenters. The van der Waals surface area contributed by atoms with Gasteiger partial charge in [0.15, 0.2) is 4.90 Å². The van der Waals surface area contributed by atoms with E-state index in [9.17, 15) is 18.5 Å². The first-order chi connectivity index (χ1) is 12.5. The lowest BCUT2D eigenvalue weighted by molar-refractivity contribution is -0.387. The molecule has 0 radical (unpaired) electrons. The molecule has 8 heteroatoms. The van der Waals surface area contributed by atoms with Crippen molar-refractivity contribution in [3.63, 3.8) is 0 Å². The van der Waals surface area contributed by atoms with Crippen LogP contribution in [0.3, 0.4) is 0 Å². The third kappa shape index (κ3) is 3.76. The van der Waals surface area contributed by atoms with Crippen LogP contribution in [-0.2, 0) is 10.0 Å². The van der Waals surface area contributed by atoms with Crippen molar-refractivity contribution < 1.29 is 13.3 Å². The standard InChI is InChI=1S/C18H15N3O4S/c22-21(23)16-11-4-5-12-17(16)26(24,25)20-18(14-8-2-1-3-9-14)15-10-6-7-13-19-15/h1-13,18,20H. The van der Waals surface area contributed by atoms with Gasteiger partial charge in [0.05, 0.1) is 16.7 Å². The maximum atomic E-state index is 12.9. The monoisotopic (exact) mass is 369 g/mol. The number of benzene rings is 2. The van der Waals surface area contributed by atoms with E-state index in [1.807, 2.05) is 6.07 Å². The number of hydrogen-bond donors (Lipinski definition) is 1. The molecule has 7 nitrogen and oxygen atoms in total. The molecule has 1 aromatic heterocycles. The van der Waals surface area contributed by atoms with E-state index in [0.717, 1.165) is 6.07 Å². The number of nitro benzene ring substituents is 1. The lowest BCUT2D eigenvalue weighted by Gasteiger charge is -2.19. The van der Waals surface area contributed by atoms with Gasteiger partial charge in [0, 0.05) is 12.3 Å². The number of nitrogens with zero attached hydrogens (tertiary/aromatic N) is 2. The maximum absolute atomic E-state index is 12.9. The number of nitrogens with one attached hydrogen (secondary N) is 1. The Morgan fingerprint density at radius 2 is 1.58 bits per heavy atom. The van der Waals surface area contributed by atoms with E-state index in [0.29, 0.717) is 11.3 Å². The van der Waals surface area contributed by atoms with Crippen molar-refractivity contribution in [2.75, 3.05) is 0 Å². The summed E-state index contributed by atoms with van der Waals surface area (Å²) in [6.07, 6.45) is 1.56. The maximum Gasteiger partial charge on any atom is 0.289 e. The molecule has 0 aliphatic rings. The quantitative estimate of drug-likeness (QED) is 0.531. The van der Waals surface area contributed by atoms with Gasteiger partial charge < -0.3 is 0 Å². The molecule has 2 aromatic carbocycles. The lowest BCUT2D eigenvalue weighted by atomic mass is 10.0. The largest absolute Gasteiger partial charge is 0.289 e. The predicted octanol–water partition coefficient (Wildman–Crippen LogP) is 3.06. The third-order valence-corrected chi connectivity index (χ3v) is 5.21. The SMILES string of the molecule is O=[N+]([O-])c1ccccc1S(=O)(=O)NC(c1ccccc1)c1ccccn1. The molecular formula is C18H15N3O4S. The van der Waals surface area contributed by atoms with Crippen LogP contribution >= 0.6 is 0 Å². The van der Waals surface area contributed by atoms with E-state index in [1.54, 1.807) is 48.7 Å². The fourth-order valence-electron chi connectivity index (χ4n) is 2.55. The summed E-state index contributed by atoms with van der Waals surface area (Å²) in [6, 6.07) is 18.5. The molecule has 26 heavy (non-hydrogen) atoms. The van der Waals surface area contributed by atoms with Gasteiger partial charge in [0.1, 0.15) is 0 Å². The zero-order chi connectivity index (χ0) is 18.6. The Kier molecular flexibility index (Phi) is 5.06. The minimum Gasteiger partial charge on any atom is -0.259 e. The fraction of sp³-hybridized carbons (Fsp3) is 0.0556. The van der Waals surface area contributed by atoms with Gasteiger partial charge in [-0.15, -0.1) is 0 Å². The predicted molar refractivity (Wildman–Crippen MR) is 95.9 cm³/mol. The summed E-state index contributed by atoms with van der Waals surface area (Å²) in [5, 5.41) is 11.2. The molecule has 3 aromatic rings. The summed E-state index contributed by atoms with van der Waals surface area (Å²) in [5.74, 6) is 0. The first kappa shape index (κ1) is 17.7. The highest BCUT2D eigenvalue weighted by molar-refractivity contribution is 7.89. The number of pyridine rings is 1. The van der Waals surface area contributed by atoms with Crippen LogP contribution in [0.25, 0.3) is 0 Å². The number of hydrogen-bond acceptors (Lipinski definition) is 5. The second-order valence-corrected chi connectivity index (χ2v) is 7.13. The second-order valence-electron chi connectivity index (χ2n) is 5.44. The molecule has 0 aliphatic heterocycles. The van der Waals surface area contributed by atoms with Crippen LogP contribution in [0.4, 0.5) is 5.69 Å². The van der Waals surface area contributed by atoms with Gasteiger partial charge in [-0.1, -0.05) is 48.5 Å². The Bertz CT molecular complexity index is 969. The molecule has 0 fully saturated rings. The normalized spacial score (nSPS) is 12.5. The van der Waals surface area contributed by atoms with E-state index in [2.05, 4.69) is 9.71 Å². The van der Waals surface area contributed by atoms with Crippen molar-refractivity contribution in [1.29, 1.82) is 0 Å². The molecule has 1 heterocycles. The zero-order valence-electron chi connectivity index (χ0n) is 13.5. The summed E-state index contributed by atoms with van der Waals surface area (Å²) < 4.78 is 28.3. The first-order valence-electron chi connectivity index (χ1n) is 7.70. The second kappa shape index (κ2) is 7.42. The Labute approximate surface area is 150 Å². The zero-order valence-corrected chi connectivity index (χ0v) is 14.3. The summed E-state index contributed by atoms with van der Waals surface area (Å²) in [7, 11) is -4.16. The van der Waals surface area contributed by atoms with Crippen LogP contribution in [0.15, 0.2) is 83.9 Å². The van der Waals surface area contributed by atoms with E-state index < -0.39 is 26.7 Å². The molecule has 0 bridgehead atoms. The summed E-state index contributed by atoms with van der Waals surface area (Å²) in [6.45, 7) is 0. The minimum absolute atomic E-state index is 0.387. The van der Waals surface area contributed by atoms with E-state index in [4.69, 9.17) is 0 Å². The van der Waals surface area contributed by atoms with E-state index in [-0.39, 0.29) is 4.90 Å². The van der Waals surface area contributed by atoms with Crippen molar-refractivity contribution in [3.8, 4) is 0 Å². The van der Waals surface area contributed by atoms with Crippen LogP contribution in [-0.4, -0.2) is 18.3 Å². The van der Waals surface area contributed by atoms with Crippen LogP contribution < -0.4 is 4.72 Å². The average Bonchev–Trinajstić information content (AvgIpc) is 2.67. The fourth-order valence-corrected chi connectivity index (χ4v) is 3.91. The Hall–Kier alpha value is -3.10. The van der Waals surface area contributed by atoms with Gasteiger partial charge in [-0.2, -0.15) is 4.72 Å². The minimum atomic E-state index is -4.16. The molecule has 1 N–H and O–H groups in total. The van der Waals surface area contributed by atoms with Crippen LogP contribution in [0.2, 0.25) is 0 Å². The molecule has 3 rings (SSSR count). The molecule has 0 saturated heterocycles.